The molecule has 1 aromatic heterocycles. The zero-order chi connectivity index (χ0) is 32.7. The number of primary sulfonamides is 1. The van der Waals surface area contributed by atoms with E-state index in [0.717, 1.165) is 41.6 Å². The Morgan fingerprint density at radius 2 is 1.61 bits per heavy atom. The van der Waals surface area contributed by atoms with E-state index in [1.54, 1.807) is 30.4 Å². The van der Waals surface area contributed by atoms with Crippen LogP contribution in [-0.4, -0.2) is 38.1 Å². The second kappa shape index (κ2) is 15.6. The molecule has 2 aromatic rings. The predicted molar refractivity (Wildman–Crippen MR) is 186 cm³/mol. The number of nitrogens with two attached hydrogens (primary N) is 1. The van der Waals surface area contributed by atoms with Crippen LogP contribution in [0.3, 0.4) is 0 Å². The summed E-state index contributed by atoms with van der Waals surface area (Å²) in [4.78, 5) is 22.4. The maximum Gasteiger partial charge on any atom is 0.280 e. The summed E-state index contributed by atoms with van der Waals surface area (Å²) in [6.07, 6.45) is 11.5. The van der Waals surface area contributed by atoms with Crippen LogP contribution in [0.1, 0.15) is 117 Å². The standard InChI is InChI=1S/C34H53N5O3S2/c1-9-13-16-25(11-3)22-38(23-26(12-4)17-14-10-2)33-36-31(34(6,7)8)30(43-33)21-29-24(5)37-39(32(29)40)27-18-15-19-28(20-27)44(35,41)42/h15,18-21,25-26H,9-14,16-17,22-23H2,1-8H3,(H2,35,41,42)/b29-21-. The number of hydrogen-bond acceptors (Lipinski definition) is 7. The van der Waals surface area contributed by atoms with Gasteiger partial charge in [0.05, 0.1) is 32.4 Å². The van der Waals surface area contributed by atoms with Crippen molar-refractivity contribution in [2.45, 2.75) is 117 Å². The molecule has 1 aromatic carbocycles. The lowest BCUT2D eigenvalue weighted by molar-refractivity contribution is -0.114. The van der Waals surface area contributed by atoms with Crippen molar-refractivity contribution in [2.24, 2.45) is 22.1 Å². The Bertz CT molecular complexity index is 1420. The van der Waals surface area contributed by atoms with Crippen LogP contribution >= 0.6 is 11.3 Å². The number of amides is 1. The van der Waals surface area contributed by atoms with Crippen LogP contribution in [0.25, 0.3) is 6.08 Å². The summed E-state index contributed by atoms with van der Waals surface area (Å²) in [5.74, 6) is 0.904. The summed E-state index contributed by atoms with van der Waals surface area (Å²) in [6.45, 7) is 19.4. The largest absolute Gasteiger partial charge is 0.348 e. The van der Waals surface area contributed by atoms with Gasteiger partial charge in [-0.1, -0.05) is 104 Å². The number of nitrogens with zero attached hydrogens (tertiary/aromatic N) is 4. The normalized spacial score (nSPS) is 16.5. The summed E-state index contributed by atoms with van der Waals surface area (Å²) < 4.78 is 23.9. The Hall–Kier alpha value is -2.56. The fourth-order valence-corrected chi connectivity index (χ4v) is 7.35. The zero-order valence-electron chi connectivity index (χ0n) is 28.0. The molecule has 0 saturated carbocycles. The minimum atomic E-state index is -3.92. The second-order valence-electron chi connectivity index (χ2n) is 13.1. The number of hydrogen-bond donors (Lipinski definition) is 1. The van der Waals surface area contributed by atoms with Crippen molar-refractivity contribution < 1.29 is 13.2 Å². The summed E-state index contributed by atoms with van der Waals surface area (Å²) in [5.41, 5.74) is 2.13. The molecule has 0 bridgehead atoms. The molecule has 244 valence electrons. The van der Waals surface area contributed by atoms with Crippen LogP contribution in [0.2, 0.25) is 0 Å². The molecule has 0 fully saturated rings. The van der Waals surface area contributed by atoms with Crippen molar-refractivity contribution >= 4 is 49.9 Å². The molecule has 2 N–H and O–H groups in total. The molecule has 0 saturated heterocycles. The fraction of sp³-hybridized carbons (Fsp3) is 0.618. The number of benzene rings is 1. The average molecular weight is 644 g/mol. The molecule has 44 heavy (non-hydrogen) atoms. The van der Waals surface area contributed by atoms with Crippen LogP contribution < -0.4 is 15.0 Å². The molecule has 1 aliphatic rings. The Labute approximate surface area is 269 Å². The lowest BCUT2D eigenvalue weighted by Gasteiger charge is -2.30. The molecule has 10 heteroatoms. The summed E-state index contributed by atoms with van der Waals surface area (Å²) in [6, 6.07) is 6.00. The van der Waals surface area contributed by atoms with Crippen molar-refractivity contribution in [3.8, 4) is 0 Å². The molecule has 0 radical (unpaired) electrons. The number of anilines is 2. The Morgan fingerprint density at radius 1 is 1.02 bits per heavy atom. The van der Waals surface area contributed by atoms with Gasteiger partial charge in [-0.15, -0.1) is 0 Å². The molecule has 1 aliphatic heterocycles. The van der Waals surface area contributed by atoms with Gasteiger partial charge in [0.1, 0.15) is 0 Å². The first-order valence-electron chi connectivity index (χ1n) is 16.2. The molecule has 8 nitrogen and oxygen atoms in total. The number of thiazole rings is 1. The highest BCUT2D eigenvalue weighted by molar-refractivity contribution is 7.89. The summed E-state index contributed by atoms with van der Waals surface area (Å²) in [7, 11) is -3.92. The van der Waals surface area contributed by atoms with Gasteiger partial charge in [-0.05, 0) is 55.9 Å². The SMILES string of the molecule is CCCCC(CC)CN(CC(CC)CCCC)c1nc(C(C)(C)C)c(/C=C2\C(=O)N(c3cccc(S(N)(=O)=O)c3)N=C2C)s1. The van der Waals surface area contributed by atoms with Gasteiger partial charge in [0, 0.05) is 18.5 Å². The van der Waals surface area contributed by atoms with E-state index in [2.05, 4.69) is 58.5 Å². The van der Waals surface area contributed by atoms with Gasteiger partial charge < -0.3 is 4.90 Å². The van der Waals surface area contributed by atoms with Crippen molar-refractivity contribution in [1.29, 1.82) is 0 Å². The lowest BCUT2D eigenvalue weighted by atomic mass is 9.91. The maximum absolute atomic E-state index is 13.7. The lowest BCUT2D eigenvalue weighted by Crippen LogP contribution is -2.34. The van der Waals surface area contributed by atoms with Gasteiger partial charge in [0.2, 0.25) is 10.0 Å². The number of aromatic nitrogens is 1. The van der Waals surface area contributed by atoms with Crippen LogP contribution in [0, 0.1) is 11.8 Å². The van der Waals surface area contributed by atoms with Gasteiger partial charge in [-0.3, -0.25) is 4.79 Å². The number of carbonyl (C=O) groups is 1. The zero-order valence-corrected chi connectivity index (χ0v) is 29.7. The van der Waals surface area contributed by atoms with E-state index in [-0.39, 0.29) is 16.2 Å². The topological polar surface area (TPSA) is 109 Å². The molecule has 3 rings (SSSR count). The van der Waals surface area contributed by atoms with E-state index in [4.69, 9.17) is 10.1 Å². The van der Waals surface area contributed by atoms with Crippen molar-refractivity contribution in [3.05, 3.63) is 40.4 Å². The van der Waals surface area contributed by atoms with Gasteiger partial charge in [0.15, 0.2) is 5.13 Å². The monoisotopic (exact) mass is 643 g/mol. The van der Waals surface area contributed by atoms with Crippen molar-refractivity contribution in [3.63, 3.8) is 0 Å². The molecular weight excluding hydrogens is 591 g/mol. The number of rotatable bonds is 16. The van der Waals surface area contributed by atoms with Gasteiger partial charge >= 0.3 is 0 Å². The number of hydrazone groups is 1. The molecule has 0 spiro atoms. The van der Waals surface area contributed by atoms with Crippen LogP contribution in [0.5, 0.6) is 0 Å². The second-order valence-corrected chi connectivity index (χ2v) is 15.7. The first-order valence-corrected chi connectivity index (χ1v) is 18.6. The molecule has 2 atom stereocenters. The molecule has 1 amide bonds. The Balaban J connectivity index is 2.04. The summed E-state index contributed by atoms with van der Waals surface area (Å²) >= 11 is 1.66. The molecule has 2 unspecified atom stereocenters. The quantitative estimate of drug-likeness (QED) is 0.186. The minimum absolute atomic E-state index is 0.0658. The third-order valence-electron chi connectivity index (χ3n) is 8.40. The van der Waals surface area contributed by atoms with Gasteiger partial charge in [0.25, 0.3) is 5.91 Å². The van der Waals surface area contributed by atoms with Crippen LogP contribution in [-0.2, 0) is 20.2 Å². The van der Waals surface area contributed by atoms with E-state index >= 15 is 0 Å². The smallest absolute Gasteiger partial charge is 0.280 e. The summed E-state index contributed by atoms with van der Waals surface area (Å²) in [5, 5.41) is 12.1. The molecular formula is C34H53N5O3S2. The third-order valence-corrected chi connectivity index (χ3v) is 10.4. The third kappa shape index (κ3) is 9.23. The Kier molecular flexibility index (Phi) is 12.8. The number of sulfonamides is 1. The minimum Gasteiger partial charge on any atom is -0.348 e. The van der Waals surface area contributed by atoms with Crippen LogP contribution in [0.4, 0.5) is 10.8 Å². The first kappa shape index (κ1) is 35.9. The number of unbranched alkanes of at least 4 members (excludes halogenated alkanes) is 2. The molecule has 0 aliphatic carbocycles. The highest BCUT2D eigenvalue weighted by Gasteiger charge is 2.32. The first-order chi connectivity index (χ1) is 20.7. The highest BCUT2D eigenvalue weighted by atomic mass is 32.2. The van der Waals surface area contributed by atoms with Crippen molar-refractivity contribution in [1.82, 2.24) is 4.98 Å². The fourth-order valence-electron chi connectivity index (χ4n) is 5.56. The van der Waals surface area contributed by atoms with E-state index in [9.17, 15) is 13.2 Å². The van der Waals surface area contributed by atoms with Crippen molar-refractivity contribution in [2.75, 3.05) is 23.0 Å². The van der Waals surface area contributed by atoms with E-state index in [0.29, 0.717) is 28.8 Å². The Morgan fingerprint density at radius 3 is 2.11 bits per heavy atom. The maximum atomic E-state index is 13.7. The molecule has 2 heterocycles. The van der Waals surface area contributed by atoms with Crippen LogP contribution in [0.15, 0.2) is 39.8 Å². The average Bonchev–Trinajstić information content (AvgIpc) is 3.53. The predicted octanol–water partition coefficient (Wildman–Crippen LogP) is 8.13. The van der Waals surface area contributed by atoms with Gasteiger partial charge in [-0.25, -0.2) is 18.5 Å². The van der Waals surface area contributed by atoms with E-state index in [1.165, 1.54) is 55.7 Å². The van der Waals surface area contributed by atoms with Gasteiger partial charge in [-0.2, -0.15) is 10.1 Å². The van der Waals surface area contributed by atoms with E-state index < -0.39 is 10.0 Å². The van der Waals surface area contributed by atoms with E-state index in [1.807, 2.05) is 6.08 Å². The number of carbonyl (C=O) groups excluding carboxylic acids is 1. The highest BCUT2D eigenvalue weighted by Crippen LogP contribution is 2.38.